The van der Waals surface area contributed by atoms with Crippen molar-refractivity contribution in [2.75, 3.05) is 5.32 Å². The summed E-state index contributed by atoms with van der Waals surface area (Å²) in [6.07, 6.45) is 9.36. The minimum absolute atomic E-state index is 0.107. The molecule has 0 saturated heterocycles. The molecule has 98 valence electrons. The Hall–Kier alpha value is -2.58. The van der Waals surface area contributed by atoms with Gasteiger partial charge in [0.15, 0.2) is 4.96 Å². The number of hydrogen-bond donors (Lipinski definition) is 1. The number of carbonyl (C=O) groups is 1. The third-order valence-electron chi connectivity index (χ3n) is 2.80. The molecule has 4 nitrogen and oxygen atoms in total. The van der Waals surface area contributed by atoms with Gasteiger partial charge in [-0.15, -0.1) is 17.8 Å². The highest BCUT2D eigenvalue weighted by Crippen LogP contribution is 2.13. The summed E-state index contributed by atoms with van der Waals surface area (Å²) in [5.41, 5.74) is 2.19. The lowest BCUT2D eigenvalue weighted by Gasteiger charge is -2.04. The molecular weight excluding hydrogens is 270 g/mol. The number of thiazole rings is 1. The lowest BCUT2D eigenvalue weighted by atomic mass is 10.2. The largest absolute Gasteiger partial charge is 0.326 e. The molecule has 3 rings (SSSR count). The average Bonchev–Trinajstić information content (AvgIpc) is 2.99. The van der Waals surface area contributed by atoms with Crippen molar-refractivity contribution in [1.82, 2.24) is 9.38 Å². The number of nitrogens with zero attached hydrogens (tertiary/aromatic N) is 2. The molecule has 0 aliphatic rings. The molecular formula is C15H11N3OS. The first-order valence-corrected chi connectivity index (χ1v) is 6.90. The van der Waals surface area contributed by atoms with E-state index in [2.05, 4.69) is 16.2 Å². The quantitative estimate of drug-likeness (QED) is 0.750. The molecule has 3 aromatic rings. The first kappa shape index (κ1) is 12.5. The van der Waals surface area contributed by atoms with Crippen molar-refractivity contribution in [3.63, 3.8) is 0 Å². The van der Waals surface area contributed by atoms with E-state index in [0.29, 0.717) is 5.69 Å². The van der Waals surface area contributed by atoms with Crippen LogP contribution in [0.25, 0.3) is 4.96 Å². The standard InChI is InChI=1S/C15H11N3OS/c1-2-11-4-3-5-12(8-11)16-14(19)9-13-10-18-6-7-20-15(18)17-13/h1,3-8,10H,9H2,(H,16,19). The maximum absolute atomic E-state index is 12.0. The second-order valence-corrected chi connectivity index (χ2v) is 5.15. The molecule has 1 amide bonds. The summed E-state index contributed by atoms with van der Waals surface area (Å²) in [6.45, 7) is 0. The van der Waals surface area contributed by atoms with Crippen molar-refractivity contribution in [2.45, 2.75) is 6.42 Å². The monoisotopic (exact) mass is 281 g/mol. The Morgan fingerprint density at radius 2 is 2.40 bits per heavy atom. The van der Waals surface area contributed by atoms with E-state index in [1.807, 2.05) is 40.4 Å². The van der Waals surface area contributed by atoms with Gasteiger partial charge in [-0.1, -0.05) is 12.0 Å². The zero-order valence-corrected chi connectivity index (χ0v) is 11.4. The van der Waals surface area contributed by atoms with Crippen molar-refractivity contribution in [2.24, 2.45) is 0 Å². The minimum Gasteiger partial charge on any atom is -0.326 e. The van der Waals surface area contributed by atoms with Crippen LogP contribution in [-0.4, -0.2) is 15.3 Å². The van der Waals surface area contributed by atoms with E-state index in [1.165, 1.54) is 0 Å². The van der Waals surface area contributed by atoms with E-state index < -0.39 is 0 Å². The molecule has 1 N–H and O–H groups in total. The maximum Gasteiger partial charge on any atom is 0.230 e. The number of rotatable bonds is 3. The van der Waals surface area contributed by atoms with Gasteiger partial charge in [0.2, 0.25) is 5.91 Å². The summed E-state index contributed by atoms with van der Waals surface area (Å²) in [7, 11) is 0. The van der Waals surface area contributed by atoms with Gasteiger partial charge in [0.1, 0.15) is 0 Å². The molecule has 0 saturated carbocycles. The summed E-state index contributed by atoms with van der Waals surface area (Å²) in [5.74, 6) is 2.43. The Morgan fingerprint density at radius 3 is 3.20 bits per heavy atom. The number of aromatic nitrogens is 2. The SMILES string of the molecule is C#Cc1cccc(NC(=O)Cc2cn3ccsc3n2)c1. The smallest absolute Gasteiger partial charge is 0.230 e. The van der Waals surface area contributed by atoms with E-state index in [9.17, 15) is 4.79 Å². The molecule has 20 heavy (non-hydrogen) atoms. The van der Waals surface area contributed by atoms with Gasteiger partial charge in [0, 0.05) is 29.0 Å². The van der Waals surface area contributed by atoms with Crippen LogP contribution in [0.2, 0.25) is 0 Å². The van der Waals surface area contributed by atoms with Crippen LogP contribution in [0.1, 0.15) is 11.3 Å². The normalized spacial score (nSPS) is 10.3. The summed E-state index contributed by atoms with van der Waals surface area (Å²) in [4.78, 5) is 17.2. The first-order valence-electron chi connectivity index (χ1n) is 6.02. The Kier molecular flexibility index (Phi) is 3.23. The van der Waals surface area contributed by atoms with Crippen molar-refractivity contribution < 1.29 is 4.79 Å². The predicted molar refractivity (Wildman–Crippen MR) is 79.8 cm³/mol. The highest BCUT2D eigenvalue weighted by molar-refractivity contribution is 7.15. The number of terminal acetylenes is 1. The molecule has 2 heterocycles. The van der Waals surface area contributed by atoms with Crippen LogP contribution in [0.3, 0.4) is 0 Å². The number of hydrogen-bond acceptors (Lipinski definition) is 3. The Bertz CT molecular complexity index is 781. The van der Waals surface area contributed by atoms with Gasteiger partial charge in [-0.25, -0.2) is 4.98 Å². The molecule has 0 radical (unpaired) electrons. The fraction of sp³-hybridized carbons (Fsp3) is 0.0667. The lowest BCUT2D eigenvalue weighted by Crippen LogP contribution is -2.14. The molecule has 5 heteroatoms. The van der Waals surface area contributed by atoms with Gasteiger partial charge in [0.05, 0.1) is 12.1 Å². The Morgan fingerprint density at radius 1 is 1.50 bits per heavy atom. The topological polar surface area (TPSA) is 46.4 Å². The predicted octanol–water partition coefficient (Wildman–Crippen LogP) is 2.56. The van der Waals surface area contributed by atoms with E-state index >= 15 is 0 Å². The molecule has 1 aromatic carbocycles. The van der Waals surface area contributed by atoms with Gasteiger partial charge >= 0.3 is 0 Å². The highest BCUT2D eigenvalue weighted by Gasteiger charge is 2.08. The van der Waals surface area contributed by atoms with Gasteiger partial charge in [-0.2, -0.15) is 0 Å². The number of anilines is 1. The molecule has 0 aliphatic carbocycles. The molecule has 0 spiro atoms. The second kappa shape index (κ2) is 5.19. The van der Waals surface area contributed by atoms with E-state index in [-0.39, 0.29) is 12.3 Å². The summed E-state index contributed by atoms with van der Waals surface area (Å²) in [6, 6.07) is 7.21. The molecule has 0 atom stereocenters. The van der Waals surface area contributed by atoms with Gasteiger partial charge in [-0.3, -0.25) is 9.20 Å². The van der Waals surface area contributed by atoms with Crippen LogP contribution in [0.15, 0.2) is 42.0 Å². The van der Waals surface area contributed by atoms with Crippen LogP contribution in [0.4, 0.5) is 5.69 Å². The molecule has 2 aromatic heterocycles. The molecule has 0 fully saturated rings. The first-order chi connectivity index (χ1) is 9.74. The zero-order chi connectivity index (χ0) is 13.9. The summed E-state index contributed by atoms with van der Waals surface area (Å²) in [5, 5.41) is 4.78. The Labute approximate surface area is 120 Å². The number of amides is 1. The van der Waals surface area contributed by atoms with Gasteiger partial charge in [0.25, 0.3) is 0 Å². The van der Waals surface area contributed by atoms with Crippen LogP contribution in [-0.2, 0) is 11.2 Å². The van der Waals surface area contributed by atoms with Crippen LogP contribution >= 0.6 is 11.3 Å². The maximum atomic E-state index is 12.0. The van der Waals surface area contributed by atoms with E-state index in [0.717, 1.165) is 16.2 Å². The van der Waals surface area contributed by atoms with E-state index in [4.69, 9.17) is 6.42 Å². The van der Waals surface area contributed by atoms with Crippen molar-refractivity contribution >= 4 is 27.9 Å². The number of benzene rings is 1. The van der Waals surface area contributed by atoms with Crippen molar-refractivity contribution in [1.29, 1.82) is 0 Å². The molecule has 0 aliphatic heterocycles. The number of imidazole rings is 1. The Balaban J connectivity index is 1.70. The number of carbonyl (C=O) groups excluding carboxylic acids is 1. The van der Waals surface area contributed by atoms with Crippen molar-refractivity contribution in [3.05, 3.63) is 53.3 Å². The van der Waals surface area contributed by atoms with Gasteiger partial charge < -0.3 is 5.32 Å². The minimum atomic E-state index is -0.107. The number of fused-ring (bicyclic) bond motifs is 1. The number of nitrogens with one attached hydrogen (secondary N) is 1. The molecule has 0 bridgehead atoms. The average molecular weight is 281 g/mol. The van der Waals surface area contributed by atoms with Gasteiger partial charge in [-0.05, 0) is 18.2 Å². The fourth-order valence-electron chi connectivity index (χ4n) is 1.92. The highest BCUT2D eigenvalue weighted by atomic mass is 32.1. The van der Waals surface area contributed by atoms with Crippen LogP contribution < -0.4 is 5.32 Å². The lowest BCUT2D eigenvalue weighted by molar-refractivity contribution is -0.115. The van der Waals surface area contributed by atoms with Crippen molar-refractivity contribution in [3.8, 4) is 12.3 Å². The molecule has 0 unspecified atom stereocenters. The fourth-order valence-corrected chi connectivity index (χ4v) is 2.64. The third-order valence-corrected chi connectivity index (χ3v) is 3.57. The third kappa shape index (κ3) is 2.56. The van der Waals surface area contributed by atoms with Crippen LogP contribution in [0, 0.1) is 12.3 Å². The zero-order valence-electron chi connectivity index (χ0n) is 10.5. The van der Waals surface area contributed by atoms with Crippen LogP contribution in [0.5, 0.6) is 0 Å². The van der Waals surface area contributed by atoms with E-state index in [1.54, 1.807) is 17.4 Å². The summed E-state index contributed by atoms with van der Waals surface area (Å²) < 4.78 is 1.91. The second-order valence-electron chi connectivity index (χ2n) is 4.28. The summed E-state index contributed by atoms with van der Waals surface area (Å²) >= 11 is 1.54.